The molecule has 0 bridgehead atoms. The van der Waals surface area contributed by atoms with Crippen LogP contribution in [0.25, 0.3) is 11.4 Å². The van der Waals surface area contributed by atoms with Crippen LogP contribution in [0.2, 0.25) is 0 Å². The molecule has 3 rings (SSSR count). The molecule has 0 amide bonds. The first-order chi connectivity index (χ1) is 14.1. The van der Waals surface area contributed by atoms with Crippen LogP contribution in [0.3, 0.4) is 0 Å². The van der Waals surface area contributed by atoms with E-state index in [9.17, 15) is 4.79 Å². The number of carbonyl (C=O) groups excluding carboxylic acids is 1. The fourth-order valence-corrected chi connectivity index (χ4v) is 2.66. The third-order valence-electron chi connectivity index (χ3n) is 4.25. The highest BCUT2D eigenvalue weighted by molar-refractivity contribution is 5.69. The van der Waals surface area contributed by atoms with Gasteiger partial charge < -0.3 is 23.5 Å². The van der Waals surface area contributed by atoms with Gasteiger partial charge in [0.1, 0.15) is 17.2 Å². The number of methoxy groups -OCH3 is 3. The number of rotatable bonds is 9. The van der Waals surface area contributed by atoms with Gasteiger partial charge in [-0.3, -0.25) is 4.79 Å². The van der Waals surface area contributed by atoms with Crippen LogP contribution >= 0.6 is 0 Å². The van der Waals surface area contributed by atoms with E-state index < -0.39 is 0 Å². The molecule has 0 aliphatic carbocycles. The number of hydrogen-bond acceptors (Lipinski definition) is 8. The van der Waals surface area contributed by atoms with Crippen molar-refractivity contribution >= 4 is 5.97 Å². The fraction of sp³-hybridized carbons (Fsp3) is 0.286. The van der Waals surface area contributed by atoms with Crippen LogP contribution < -0.4 is 14.2 Å². The maximum Gasteiger partial charge on any atom is 0.306 e. The predicted octanol–water partition coefficient (Wildman–Crippen LogP) is 3.44. The van der Waals surface area contributed by atoms with E-state index in [0.717, 1.165) is 11.3 Å². The van der Waals surface area contributed by atoms with E-state index >= 15 is 0 Å². The highest BCUT2D eigenvalue weighted by atomic mass is 16.6. The Bertz CT molecular complexity index is 952. The standard InChI is InChI=1S/C21H22N2O6/c1-25-15-7-4-14(5-8-15)6-11-20(24)28-13-19-22-21(23-29-19)17-10-9-16(26-2)12-18(17)27-3/h4-5,7-10,12H,6,11,13H2,1-3H3. The summed E-state index contributed by atoms with van der Waals surface area (Å²) in [5.74, 6) is 2.18. The van der Waals surface area contributed by atoms with Crippen molar-refractivity contribution in [2.24, 2.45) is 0 Å². The van der Waals surface area contributed by atoms with Crippen molar-refractivity contribution in [1.82, 2.24) is 10.1 Å². The maximum atomic E-state index is 12.0. The minimum Gasteiger partial charge on any atom is -0.497 e. The van der Waals surface area contributed by atoms with E-state index in [4.69, 9.17) is 23.5 Å². The monoisotopic (exact) mass is 398 g/mol. The summed E-state index contributed by atoms with van der Waals surface area (Å²) in [4.78, 5) is 16.3. The van der Waals surface area contributed by atoms with Gasteiger partial charge in [0.2, 0.25) is 5.82 Å². The van der Waals surface area contributed by atoms with E-state index in [1.54, 1.807) is 39.5 Å². The maximum absolute atomic E-state index is 12.0. The molecule has 0 saturated heterocycles. The van der Waals surface area contributed by atoms with Crippen molar-refractivity contribution in [1.29, 1.82) is 0 Å². The molecular formula is C21H22N2O6. The summed E-state index contributed by atoms with van der Waals surface area (Å²) in [6, 6.07) is 12.8. The minimum atomic E-state index is -0.345. The summed E-state index contributed by atoms with van der Waals surface area (Å²) >= 11 is 0. The van der Waals surface area contributed by atoms with Crippen LogP contribution in [-0.2, 0) is 22.6 Å². The zero-order valence-electron chi connectivity index (χ0n) is 16.5. The Labute approximate surface area is 168 Å². The quantitative estimate of drug-likeness (QED) is 0.506. The molecule has 0 N–H and O–H groups in total. The van der Waals surface area contributed by atoms with Crippen LogP contribution in [0, 0.1) is 0 Å². The molecule has 3 aromatic rings. The Morgan fingerprint density at radius 3 is 2.38 bits per heavy atom. The van der Waals surface area contributed by atoms with Crippen molar-refractivity contribution in [3.05, 3.63) is 53.9 Å². The Morgan fingerprint density at radius 2 is 1.69 bits per heavy atom. The molecule has 0 atom stereocenters. The molecule has 152 valence electrons. The molecule has 0 aliphatic rings. The topological polar surface area (TPSA) is 92.9 Å². The average molecular weight is 398 g/mol. The van der Waals surface area contributed by atoms with Crippen LogP contribution in [0.4, 0.5) is 0 Å². The fourth-order valence-electron chi connectivity index (χ4n) is 2.66. The average Bonchev–Trinajstić information content (AvgIpc) is 3.25. The lowest BCUT2D eigenvalue weighted by molar-refractivity contribution is -0.145. The Hall–Kier alpha value is -3.55. The molecule has 2 aromatic carbocycles. The van der Waals surface area contributed by atoms with Crippen LogP contribution in [-0.4, -0.2) is 37.4 Å². The lowest BCUT2D eigenvalue weighted by Gasteiger charge is -2.07. The minimum absolute atomic E-state index is 0.0904. The second-order valence-electron chi connectivity index (χ2n) is 6.09. The van der Waals surface area contributed by atoms with Gasteiger partial charge in [-0.25, -0.2) is 0 Å². The van der Waals surface area contributed by atoms with Crippen molar-refractivity contribution in [2.75, 3.05) is 21.3 Å². The number of aryl methyl sites for hydroxylation is 1. The lowest BCUT2D eigenvalue weighted by Crippen LogP contribution is -2.06. The van der Waals surface area contributed by atoms with E-state index in [-0.39, 0.29) is 24.9 Å². The number of ether oxygens (including phenoxy) is 4. The molecule has 0 aliphatic heterocycles. The lowest BCUT2D eigenvalue weighted by atomic mass is 10.1. The Kier molecular flexibility index (Phi) is 6.67. The Balaban J connectivity index is 1.54. The van der Waals surface area contributed by atoms with Crippen molar-refractivity contribution < 1.29 is 28.3 Å². The summed E-state index contributed by atoms with van der Waals surface area (Å²) in [6.07, 6.45) is 0.820. The third kappa shape index (κ3) is 5.25. The number of aromatic nitrogens is 2. The van der Waals surface area contributed by atoms with Gasteiger partial charge in [0.25, 0.3) is 5.89 Å². The first-order valence-electron chi connectivity index (χ1n) is 8.96. The smallest absolute Gasteiger partial charge is 0.306 e. The molecule has 0 unspecified atom stereocenters. The van der Waals surface area contributed by atoms with Gasteiger partial charge in [-0.05, 0) is 36.2 Å². The van der Waals surface area contributed by atoms with E-state index in [1.807, 2.05) is 24.3 Å². The van der Waals surface area contributed by atoms with Gasteiger partial charge in [-0.15, -0.1) is 0 Å². The van der Waals surface area contributed by atoms with Gasteiger partial charge in [0.15, 0.2) is 6.61 Å². The van der Waals surface area contributed by atoms with Crippen molar-refractivity contribution in [3.8, 4) is 28.6 Å². The number of benzene rings is 2. The highest BCUT2D eigenvalue weighted by Gasteiger charge is 2.15. The first kappa shape index (κ1) is 20.2. The normalized spacial score (nSPS) is 10.4. The number of esters is 1. The SMILES string of the molecule is COc1ccc(CCC(=O)OCc2nc(-c3ccc(OC)cc3OC)no2)cc1. The molecular weight excluding hydrogens is 376 g/mol. The largest absolute Gasteiger partial charge is 0.497 e. The number of nitrogens with zero attached hydrogens (tertiary/aromatic N) is 2. The first-order valence-corrected chi connectivity index (χ1v) is 8.96. The number of carbonyl (C=O) groups is 1. The third-order valence-corrected chi connectivity index (χ3v) is 4.25. The van der Waals surface area contributed by atoms with Gasteiger partial charge >= 0.3 is 5.97 Å². The van der Waals surface area contributed by atoms with Crippen LogP contribution in [0.15, 0.2) is 47.0 Å². The van der Waals surface area contributed by atoms with E-state index in [2.05, 4.69) is 10.1 Å². The van der Waals surface area contributed by atoms with Gasteiger partial charge in [0.05, 0.1) is 26.9 Å². The van der Waals surface area contributed by atoms with Crippen LogP contribution in [0.1, 0.15) is 17.9 Å². The van der Waals surface area contributed by atoms with E-state index in [0.29, 0.717) is 29.3 Å². The van der Waals surface area contributed by atoms with Crippen LogP contribution in [0.5, 0.6) is 17.2 Å². The highest BCUT2D eigenvalue weighted by Crippen LogP contribution is 2.31. The van der Waals surface area contributed by atoms with Crippen molar-refractivity contribution in [3.63, 3.8) is 0 Å². The molecule has 29 heavy (non-hydrogen) atoms. The van der Waals surface area contributed by atoms with E-state index in [1.165, 1.54) is 0 Å². The number of hydrogen-bond donors (Lipinski definition) is 0. The summed E-state index contributed by atoms with van der Waals surface area (Å²) in [5, 5.41) is 3.93. The van der Waals surface area contributed by atoms with Crippen molar-refractivity contribution in [2.45, 2.75) is 19.4 Å². The molecule has 0 fully saturated rings. The summed E-state index contributed by atoms with van der Waals surface area (Å²) < 4.78 is 26.0. The molecule has 8 nitrogen and oxygen atoms in total. The molecule has 8 heteroatoms. The zero-order chi connectivity index (χ0) is 20.6. The second kappa shape index (κ2) is 9.59. The van der Waals surface area contributed by atoms with Gasteiger partial charge in [-0.2, -0.15) is 4.98 Å². The summed E-state index contributed by atoms with van der Waals surface area (Å²) in [7, 11) is 4.73. The zero-order valence-corrected chi connectivity index (χ0v) is 16.5. The predicted molar refractivity (Wildman–Crippen MR) is 104 cm³/mol. The summed E-state index contributed by atoms with van der Waals surface area (Å²) in [6.45, 7) is -0.0904. The van der Waals surface area contributed by atoms with Gasteiger partial charge in [-0.1, -0.05) is 17.3 Å². The second-order valence-corrected chi connectivity index (χ2v) is 6.09. The molecule has 0 spiro atoms. The molecule has 0 saturated carbocycles. The van der Waals surface area contributed by atoms with Gasteiger partial charge in [0, 0.05) is 12.5 Å². The molecule has 0 radical (unpaired) electrons. The summed E-state index contributed by atoms with van der Waals surface area (Å²) in [5.41, 5.74) is 1.67. The molecule has 1 aromatic heterocycles. The molecule has 1 heterocycles. The Morgan fingerprint density at radius 1 is 0.966 bits per heavy atom.